The van der Waals surface area contributed by atoms with E-state index < -0.39 is 0 Å². The van der Waals surface area contributed by atoms with E-state index in [1.54, 1.807) is 0 Å². The minimum Gasteiger partial charge on any atom is -0.0616 e. The summed E-state index contributed by atoms with van der Waals surface area (Å²) in [6.07, 6.45) is 0. The Morgan fingerprint density at radius 3 is 0.270 bits per heavy atom. The van der Waals surface area contributed by atoms with Crippen molar-refractivity contribution in [3.8, 4) is 0 Å². The fraction of sp³-hybridized carbons (Fsp3) is 0. The summed E-state index contributed by atoms with van der Waals surface area (Å²) >= 11 is 0. The molecule has 0 radical (unpaired) electrons. The summed E-state index contributed by atoms with van der Waals surface area (Å²) in [6.45, 7) is 0. The van der Waals surface area contributed by atoms with E-state index in [4.69, 9.17) is 0 Å². The first-order valence-electron chi connectivity index (χ1n) is 43.6. The SMILES string of the molecule is c1ccc2c(c1)ccc1c3ccccc3ccc21.c1ccc2c(c1)ccc1c3ccccc3ccc21.c1ccc2c(c1)ccc1ccc3ccccc3c12.c1ccc2c(c1)ccc1ccc3ccccc3c12.c1ccc2c(c1)ccc1ccc3ccccc3c12.c1ccc2c(c1)ccc1ccc3ccccc3c12.c1ccc2c(c1)ccc1ccc3ccccc3c12. The van der Waals surface area contributed by atoms with Crippen LogP contribution in [0.5, 0.6) is 0 Å². The Balaban J connectivity index is 0.0000000870. The third-order valence-corrected chi connectivity index (χ3v) is 25.5. The van der Waals surface area contributed by atoms with Gasteiger partial charge in [0.05, 0.1) is 0 Å². The van der Waals surface area contributed by atoms with Crippen molar-refractivity contribution in [3.63, 3.8) is 0 Å². The lowest BCUT2D eigenvalue weighted by Crippen LogP contribution is -1.80. The lowest BCUT2D eigenvalue weighted by molar-refractivity contribution is 1.77. The van der Waals surface area contributed by atoms with Crippen molar-refractivity contribution in [1.82, 2.24) is 0 Å². The monoisotopic (exact) mass is 1600 g/mol. The van der Waals surface area contributed by atoms with Gasteiger partial charge in [-0.25, -0.2) is 0 Å². The predicted octanol–water partition coefficient (Wildman–Crippen LogP) is 36.0. The van der Waals surface area contributed by atoms with Crippen LogP contribution in [-0.4, -0.2) is 0 Å². The normalized spacial score (nSPS) is 11.3. The molecule has 0 unspecified atom stereocenters. The Labute approximate surface area is 730 Å². The first-order chi connectivity index (χ1) is 62.5. The van der Waals surface area contributed by atoms with Crippen LogP contribution in [0.1, 0.15) is 0 Å². The van der Waals surface area contributed by atoms with Crippen LogP contribution >= 0.6 is 0 Å². The molecule has 0 aromatic heterocycles. The van der Waals surface area contributed by atoms with Gasteiger partial charge in [0.2, 0.25) is 0 Å². The van der Waals surface area contributed by atoms with Gasteiger partial charge in [-0.2, -0.15) is 0 Å². The Hall–Kier alpha value is -16.4. The van der Waals surface area contributed by atoms with Gasteiger partial charge in [-0.05, 0) is 226 Å². The molecule has 0 atom stereocenters. The molecule has 0 amide bonds. The fourth-order valence-corrected chi connectivity index (χ4v) is 19.4. The van der Waals surface area contributed by atoms with Gasteiger partial charge < -0.3 is 0 Å². The van der Waals surface area contributed by atoms with Crippen molar-refractivity contribution in [1.29, 1.82) is 0 Å². The molecule has 0 aliphatic heterocycles. The Kier molecular flexibility index (Phi) is 20.2. The second-order valence-corrected chi connectivity index (χ2v) is 32.7. The lowest BCUT2D eigenvalue weighted by atomic mass is 9.97. The van der Waals surface area contributed by atoms with E-state index in [9.17, 15) is 0 Å². The molecule has 0 spiro atoms. The molecule has 0 heterocycles. The highest BCUT2D eigenvalue weighted by atomic mass is 14.2. The standard InChI is InChI=1S/7C18H12/c5*1-3-7-16-13(5-1)9-11-15-12-10-14-6-2-4-8-17(14)18(15)16;2*1-3-7-15-13(5-1)9-11-18-16-8-4-2-6-14(16)10-12-17(15)18/h7*1-12H. The van der Waals surface area contributed by atoms with Crippen molar-refractivity contribution in [3.05, 3.63) is 510 Å². The highest BCUT2D eigenvalue weighted by molar-refractivity contribution is 6.26. The molecule has 0 saturated heterocycles. The van der Waals surface area contributed by atoms with Gasteiger partial charge in [-0.3, -0.25) is 0 Å². The van der Waals surface area contributed by atoms with E-state index in [1.807, 2.05) is 0 Å². The number of fused-ring (bicyclic) bond motifs is 35. The molecule has 0 saturated carbocycles. The van der Waals surface area contributed by atoms with Crippen molar-refractivity contribution in [2.45, 2.75) is 0 Å². The average molecular weight is 1600 g/mol. The summed E-state index contributed by atoms with van der Waals surface area (Å²) in [4.78, 5) is 0. The number of rotatable bonds is 0. The van der Waals surface area contributed by atoms with Crippen LogP contribution in [0.25, 0.3) is 226 Å². The van der Waals surface area contributed by atoms with Crippen LogP contribution in [0.4, 0.5) is 0 Å². The quantitative estimate of drug-likeness (QED) is 0.133. The highest BCUT2D eigenvalue weighted by Gasteiger charge is 2.12. The summed E-state index contributed by atoms with van der Waals surface area (Å²) in [7, 11) is 0. The first kappa shape index (κ1) is 75.8. The molecule has 28 rings (SSSR count). The molecule has 0 fully saturated rings. The number of hydrogen-bond donors (Lipinski definition) is 0. The zero-order valence-corrected chi connectivity index (χ0v) is 69.5. The minimum absolute atomic E-state index is 1.31. The molecular formula is C126H84. The van der Waals surface area contributed by atoms with Crippen molar-refractivity contribution >= 4 is 226 Å². The molecule has 588 valence electrons. The summed E-state index contributed by atoms with van der Waals surface area (Å²) in [5.74, 6) is 0. The third-order valence-electron chi connectivity index (χ3n) is 25.5. The zero-order chi connectivity index (χ0) is 83.6. The maximum atomic E-state index is 2.24. The molecule has 0 nitrogen and oxygen atoms in total. The van der Waals surface area contributed by atoms with Gasteiger partial charge in [0.1, 0.15) is 0 Å². The largest absolute Gasteiger partial charge is 0.0616 e. The van der Waals surface area contributed by atoms with Crippen molar-refractivity contribution in [2.75, 3.05) is 0 Å². The van der Waals surface area contributed by atoms with E-state index in [-0.39, 0.29) is 0 Å². The van der Waals surface area contributed by atoms with Crippen LogP contribution in [-0.2, 0) is 0 Å². The van der Waals surface area contributed by atoms with Crippen LogP contribution in [0.15, 0.2) is 510 Å². The summed E-state index contributed by atoms with van der Waals surface area (Å²) < 4.78 is 0. The van der Waals surface area contributed by atoms with Crippen LogP contribution in [0, 0.1) is 0 Å². The molecule has 28 aromatic carbocycles. The Bertz CT molecular complexity index is 7540. The second-order valence-electron chi connectivity index (χ2n) is 32.7. The van der Waals surface area contributed by atoms with Crippen molar-refractivity contribution in [2.24, 2.45) is 0 Å². The highest BCUT2D eigenvalue weighted by Crippen LogP contribution is 2.40. The van der Waals surface area contributed by atoms with E-state index in [0.717, 1.165) is 0 Å². The maximum absolute atomic E-state index is 2.24. The van der Waals surface area contributed by atoms with Gasteiger partial charge in [-0.15, -0.1) is 0 Å². The first-order valence-corrected chi connectivity index (χ1v) is 43.6. The van der Waals surface area contributed by atoms with Crippen molar-refractivity contribution < 1.29 is 0 Å². The van der Waals surface area contributed by atoms with E-state index in [2.05, 4.69) is 510 Å². The molecule has 0 N–H and O–H groups in total. The van der Waals surface area contributed by atoms with Gasteiger partial charge in [0.15, 0.2) is 0 Å². The zero-order valence-electron chi connectivity index (χ0n) is 69.5. The second kappa shape index (κ2) is 33.6. The molecule has 0 aliphatic rings. The van der Waals surface area contributed by atoms with E-state index >= 15 is 0 Å². The van der Waals surface area contributed by atoms with Gasteiger partial charge in [-0.1, -0.05) is 510 Å². The fourth-order valence-electron chi connectivity index (χ4n) is 19.4. The smallest absolute Gasteiger partial charge is 0.00268 e. The van der Waals surface area contributed by atoms with Gasteiger partial charge in [0.25, 0.3) is 0 Å². The van der Waals surface area contributed by atoms with Gasteiger partial charge >= 0.3 is 0 Å². The summed E-state index contributed by atoms with van der Waals surface area (Å²) in [5, 5.41) is 55.8. The summed E-state index contributed by atoms with van der Waals surface area (Å²) in [6, 6.07) is 182. The lowest BCUT2D eigenvalue weighted by Gasteiger charge is -2.07. The van der Waals surface area contributed by atoms with E-state index in [1.165, 1.54) is 226 Å². The van der Waals surface area contributed by atoms with Crippen LogP contribution in [0.3, 0.4) is 0 Å². The molecule has 0 aliphatic carbocycles. The van der Waals surface area contributed by atoms with Gasteiger partial charge in [0, 0.05) is 0 Å². The molecule has 0 bridgehead atoms. The molecule has 0 heteroatoms. The number of benzene rings is 28. The third kappa shape index (κ3) is 14.4. The average Bonchev–Trinajstić information content (AvgIpc) is 0.787. The Morgan fingerprint density at radius 2 is 0.143 bits per heavy atom. The topological polar surface area (TPSA) is 0 Å². The number of hydrogen-bond acceptors (Lipinski definition) is 0. The molecule has 126 heavy (non-hydrogen) atoms. The van der Waals surface area contributed by atoms with Crippen LogP contribution < -0.4 is 0 Å². The Morgan fingerprint density at radius 1 is 0.0556 bits per heavy atom. The molecule has 28 aromatic rings. The van der Waals surface area contributed by atoms with Crippen LogP contribution in [0.2, 0.25) is 0 Å². The maximum Gasteiger partial charge on any atom is -0.00268 e. The van der Waals surface area contributed by atoms with E-state index in [0.29, 0.717) is 0 Å². The minimum atomic E-state index is 1.31. The molecular weight excluding hydrogens is 1510 g/mol. The summed E-state index contributed by atoms with van der Waals surface area (Å²) in [5.41, 5.74) is 0. The predicted molar refractivity (Wildman–Crippen MR) is 553 cm³/mol.